The second kappa shape index (κ2) is 6.40. The summed E-state index contributed by atoms with van der Waals surface area (Å²) >= 11 is 0. The SMILES string of the molecule is CC1=C(C(=O)Nc2ccccc2C)[C@H](c2cccnc2)n2nnnc2N1. The molecule has 3 aromatic rings. The second-order valence-corrected chi connectivity index (χ2v) is 6.07. The fourth-order valence-electron chi connectivity index (χ4n) is 3.06. The molecule has 130 valence electrons. The maximum atomic E-state index is 13.1. The highest BCUT2D eigenvalue weighted by Crippen LogP contribution is 2.34. The van der Waals surface area contributed by atoms with Gasteiger partial charge in [0.15, 0.2) is 0 Å². The van der Waals surface area contributed by atoms with Gasteiger partial charge in [-0.25, -0.2) is 0 Å². The molecule has 0 fully saturated rings. The predicted octanol–water partition coefficient (Wildman–Crippen LogP) is 2.30. The molecule has 0 aliphatic carbocycles. The Morgan fingerprint density at radius 1 is 1.19 bits per heavy atom. The zero-order valence-corrected chi connectivity index (χ0v) is 14.3. The number of allylic oxidation sites excluding steroid dienone is 1. The second-order valence-electron chi connectivity index (χ2n) is 6.07. The Balaban J connectivity index is 1.77. The summed E-state index contributed by atoms with van der Waals surface area (Å²) in [5.41, 5.74) is 3.83. The molecule has 2 N–H and O–H groups in total. The highest BCUT2D eigenvalue weighted by Gasteiger charge is 2.34. The number of amides is 1. The number of carbonyl (C=O) groups excluding carboxylic acids is 1. The fraction of sp³-hybridized carbons (Fsp3) is 0.167. The Hall–Kier alpha value is -3.55. The van der Waals surface area contributed by atoms with Gasteiger partial charge in [-0.05, 0) is 47.5 Å². The number of hydrogen-bond donors (Lipinski definition) is 2. The highest BCUT2D eigenvalue weighted by molar-refractivity contribution is 6.06. The lowest BCUT2D eigenvalue weighted by Gasteiger charge is -2.27. The molecule has 0 spiro atoms. The molecule has 26 heavy (non-hydrogen) atoms. The van der Waals surface area contributed by atoms with Gasteiger partial charge in [0.25, 0.3) is 5.91 Å². The summed E-state index contributed by atoms with van der Waals surface area (Å²) in [6, 6.07) is 10.9. The minimum Gasteiger partial charge on any atom is -0.326 e. The van der Waals surface area contributed by atoms with Crippen molar-refractivity contribution in [3.63, 3.8) is 0 Å². The molecule has 8 nitrogen and oxygen atoms in total. The maximum Gasteiger partial charge on any atom is 0.255 e. The average Bonchev–Trinajstić information content (AvgIpc) is 3.11. The summed E-state index contributed by atoms with van der Waals surface area (Å²) in [6.45, 7) is 3.79. The lowest BCUT2D eigenvalue weighted by atomic mass is 9.96. The monoisotopic (exact) mass is 347 g/mol. The van der Waals surface area contributed by atoms with E-state index in [1.165, 1.54) is 0 Å². The summed E-state index contributed by atoms with van der Waals surface area (Å²) in [5.74, 6) is 0.281. The highest BCUT2D eigenvalue weighted by atomic mass is 16.1. The summed E-state index contributed by atoms with van der Waals surface area (Å²) < 4.78 is 1.59. The Bertz CT molecular complexity index is 994. The van der Waals surface area contributed by atoms with Gasteiger partial charge < -0.3 is 10.6 Å². The number of pyridine rings is 1. The third-order valence-electron chi connectivity index (χ3n) is 4.35. The van der Waals surface area contributed by atoms with Crippen LogP contribution in [0.1, 0.15) is 24.1 Å². The van der Waals surface area contributed by atoms with Gasteiger partial charge in [-0.15, -0.1) is 0 Å². The Kier molecular flexibility index (Phi) is 3.92. The molecule has 8 heteroatoms. The Morgan fingerprint density at radius 3 is 2.81 bits per heavy atom. The van der Waals surface area contributed by atoms with Crippen molar-refractivity contribution in [1.82, 2.24) is 25.2 Å². The first-order valence-electron chi connectivity index (χ1n) is 8.17. The normalized spacial score (nSPS) is 16.0. The molecule has 4 rings (SSSR count). The van der Waals surface area contributed by atoms with E-state index in [2.05, 4.69) is 31.1 Å². The van der Waals surface area contributed by atoms with Crippen LogP contribution >= 0.6 is 0 Å². The minimum absolute atomic E-state index is 0.209. The van der Waals surface area contributed by atoms with Crippen LogP contribution in [0.25, 0.3) is 0 Å². The van der Waals surface area contributed by atoms with Crippen molar-refractivity contribution >= 4 is 17.5 Å². The van der Waals surface area contributed by atoms with Crippen molar-refractivity contribution in [3.8, 4) is 0 Å². The van der Waals surface area contributed by atoms with Gasteiger partial charge in [-0.1, -0.05) is 29.4 Å². The molecule has 0 bridgehead atoms. The summed E-state index contributed by atoms with van der Waals surface area (Å²) in [6.07, 6.45) is 3.41. The lowest BCUT2D eigenvalue weighted by Crippen LogP contribution is -2.31. The fourth-order valence-corrected chi connectivity index (χ4v) is 3.06. The van der Waals surface area contributed by atoms with Crippen LogP contribution in [0, 0.1) is 6.92 Å². The van der Waals surface area contributed by atoms with Crippen LogP contribution < -0.4 is 10.6 Å². The van der Waals surface area contributed by atoms with Crippen molar-refractivity contribution in [1.29, 1.82) is 0 Å². The molecular formula is C18H17N7O. The van der Waals surface area contributed by atoms with Crippen LogP contribution in [0.4, 0.5) is 11.6 Å². The minimum atomic E-state index is -0.459. The van der Waals surface area contributed by atoms with Crippen molar-refractivity contribution in [3.05, 3.63) is 71.2 Å². The number of aromatic nitrogens is 5. The number of benzene rings is 1. The first-order valence-corrected chi connectivity index (χ1v) is 8.17. The summed E-state index contributed by atoms with van der Waals surface area (Å²) in [4.78, 5) is 17.3. The van der Waals surface area contributed by atoms with Crippen molar-refractivity contribution < 1.29 is 4.79 Å². The molecule has 1 aliphatic rings. The number of para-hydroxylation sites is 1. The van der Waals surface area contributed by atoms with E-state index in [0.717, 1.165) is 16.8 Å². The number of aryl methyl sites for hydroxylation is 1. The van der Waals surface area contributed by atoms with Crippen molar-refractivity contribution in [2.75, 3.05) is 10.6 Å². The van der Waals surface area contributed by atoms with Crippen molar-refractivity contribution in [2.24, 2.45) is 0 Å². The van der Waals surface area contributed by atoms with E-state index < -0.39 is 6.04 Å². The summed E-state index contributed by atoms with van der Waals surface area (Å²) in [7, 11) is 0. The van der Waals surface area contributed by atoms with E-state index >= 15 is 0 Å². The number of carbonyl (C=O) groups is 1. The zero-order valence-electron chi connectivity index (χ0n) is 14.3. The van der Waals surface area contributed by atoms with Gasteiger partial charge >= 0.3 is 0 Å². The van der Waals surface area contributed by atoms with Gasteiger partial charge in [-0.3, -0.25) is 9.78 Å². The van der Waals surface area contributed by atoms with Crippen LogP contribution in [-0.2, 0) is 4.79 Å². The first kappa shape index (κ1) is 15.9. The standard InChI is InChI=1S/C18H17N7O/c1-11-6-3-4-8-14(11)21-17(26)15-12(2)20-18-22-23-24-25(18)16(15)13-7-5-9-19-10-13/h3-10,16H,1-2H3,(H,21,26)(H,20,22,24)/t16-/m0/s1. The third kappa shape index (κ3) is 2.71. The van der Waals surface area contributed by atoms with Crippen molar-refractivity contribution in [2.45, 2.75) is 19.9 Å². The Morgan fingerprint density at radius 2 is 2.04 bits per heavy atom. The molecule has 0 unspecified atom stereocenters. The van der Waals surface area contributed by atoms with Gasteiger partial charge in [-0.2, -0.15) is 4.68 Å². The zero-order chi connectivity index (χ0) is 18.1. The van der Waals surface area contributed by atoms with E-state index in [4.69, 9.17) is 0 Å². The van der Waals surface area contributed by atoms with Gasteiger partial charge in [0, 0.05) is 23.8 Å². The molecule has 1 aromatic carbocycles. The molecule has 3 heterocycles. The summed E-state index contributed by atoms with van der Waals surface area (Å²) in [5, 5.41) is 17.9. The number of rotatable bonds is 3. The number of nitrogens with one attached hydrogen (secondary N) is 2. The maximum absolute atomic E-state index is 13.1. The molecule has 0 saturated carbocycles. The number of tetrazole rings is 1. The van der Waals surface area contributed by atoms with Gasteiger partial charge in [0.1, 0.15) is 6.04 Å². The van der Waals surface area contributed by atoms with E-state index in [0.29, 0.717) is 17.2 Å². The van der Waals surface area contributed by atoms with Crippen LogP contribution in [0.15, 0.2) is 60.1 Å². The molecule has 0 radical (unpaired) electrons. The number of hydrogen-bond acceptors (Lipinski definition) is 6. The molecular weight excluding hydrogens is 330 g/mol. The van der Waals surface area contributed by atoms with E-state index in [9.17, 15) is 4.79 Å². The van der Waals surface area contributed by atoms with Gasteiger partial charge in [0.05, 0.1) is 5.57 Å². The number of fused-ring (bicyclic) bond motifs is 1. The topological polar surface area (TPSA) is 97.6 Å². The Labute approximate surface area is 150 Å². The van der Waals surface area contributed by atoms with E-state index in [1.807, 2.05) is 50.2 Å². The van der Waals surface area contributed by atoms with E-state index in [-0.39, 0.29) is 5.91 Å². The molecule has 1 atom stereocenters. The number of anilines is 2. The van der Waals surface area contributed by atoms with Gasteiger partial charge in [0.2, 0.25) is 5.95 Å². The number of nitrogens with zero attached hydrogens (tertiary/aromatic N) is 5. The van der Waals surface area contributed by atoms with E-state index in [1.54, 1.807) is 17.1 Å². The largest absolute Gasteiger partial charge is 0.326 e. The molecule has 1 amide bonds. The molecule has 0 saturated heterocycles. The van der Waals surface area contributed by atoms with Crippen LogP contribution in [0.2, 0.25) is 0 Å². The third-order valence-corrected chi connectivity index (χ3v) is 4.35. The quantitative estimate of drug-likeness (QED) is 0.754. The molecule has 1 aliphatic heterocycles. The predicted molar refractivity (Wildman–Crippen MR) is 96.3 cm³/mol. The van der Waals surface area contributed by atoms with Crippen LogP contribution in [-0.4, -0.2) is 31.1 Å². The smallest absolute Gasteiger partial charge is 0.255 e. The lowest BCUT2D eigenvalue weighted by molar-refractivity contribution is -0.113. The average molecular weight is 347 g/mol. The van der Waals surface area contributed by atoms with Crippen LogP contribution in [0.3, 0.4) is 0 Å². The van der Waals surface area contributed by atoms with Crippen LogP contribution in [0.5, 0.6) is 0 Å². The first-order chi connectivity index (χ1) is 12.6. The molecule has 2 aromatic heterocycles.